The molecule has 1 aromatic rings. The minimum atomic E-state index is -0.269. The summed E-state index contributed by atoms with van der Waals surface area (Å²) in [6.45, 7) is 8.00. The number of carbonyl (C=O) groups is 1. The highest BCUT2D eigenvalue weighted by atomic mass is 19.1. The molecule has 14 heavy (non-hydrogen) atoms. The largest absolute Gasteiger partial charge is 0.303 e. The number of aldehydes is 1. The molecule has 0 saturated carbocycles. The lowest BCUT2D eigenvalue weighted by Crippen LogP contribution is -1.84. The molecular weight excluding hydrogens is 179 g/mol. The Kier molecular flexibility index (Phi) is 12.9. The Hall–Kier alpha value is -1.18. The summed E-state index contributed by atoms with van der Waals surface area (Å²) >= 11 is 0. The van der Waals surface area contributed by atoms with E-state index in [1.165, 1.54) is 12.1 Å². The Labute approximate surface area is 86.0 Å². The third-order valence-electron chi connectivity index (χ3n) is 1.23. The van der Waals surface area contributed by atoms with Gasteiger partial charge in [-0.15, -0.1) is 0 Å². The fraction of sp³-hybridized carbons (Fsp3) is 0.417. The van der Waals surface area contributed by atoms with Crippen molar-refractivity contribution in [1.82, 2.24) is 0 Å². The second-order valence-electron chi connectivity index (χ2n) is 2.00. The molecule has 1 rings (SSSR count). The lowest BCUT2D eigenvalue weighted by atomic mass is 10.2. The Morgan fingerprint density at radius 2 is 1.50 bits per heavy atom. The third kappa shape index (κ3) is 7.47. The van der Waals surface area contributed by atoms with Gasteiger partial charge in [-0.25, -0.2) is 4.39 Å². The van der Waals surface area contributed by atoms with E-state index in [4.69, 9.17) is 0 Å². The predicted molar refractivity (Wildman–Crippen MR) is 58.9 cm³/mol. The molecule has 0 aliphatic rings. The van der Waals surface area contributed by atoms with Gasteiger partial charge in [-0.2, -0.15) is 0 Å². The van der Waals surface area contributed by atoms with Gasteiger partial charge in [0.2, 0.25) is 0 Å². The molecule has 0 heterocycles. The number of rotatable bonds is 2. The van der Waals surface area contributed by atoms with Crippen LogP contribution in [0.2, 0.25) is 0 Å². The van der Waals surface area contributed by atoms with Gasteiger partial charge in [0.1, 0.15) is 12.1 Å². The van der Waals surface area contributed by atoms with Crippen LogP contribution in [0.25, 0.3) is 0 Å². The van der Waals surface area contributed by atoms with E-state index in [-0.39, 0.29) is 5.82 Å². The number of benzene rings is 1. The van der Waals surface area contributed by atoms with Crippen LogP contribution in [-0.2, 0) is 11.2 Å². The van der Waals surface area contributed by atoms with Gasteiger partial charge in [0, 0.05) is 6.42 Å². The highest BCUT2D eigenvalue weighted by Gasteiger charge is 1.90. The first-order valence-corrected chi connectivity index (χ1v) is 5.01. The molecule has 0 N–H and O–H groups in total. The van der Waals surface area contributed by atoms with E-state index < -0.39 is 0 Å². The van der Waals surface area contributed by atoms with Crippen LogP contribution in [0.5, 0.6) is 0 Å². The molecule has 0 aromatic heterocycles. The van der Waals surface area contributed by atoms with Gasteiger partial charge in [-0.3, -0.25) is 0 Å². The van der Waals surface area contributed by atoms with Crippen molar-refractivity contribution < 1.29 is 9.18 Å². The van der Waals surface area contributed by atoms with Crippen LogP contribution in [0.3, 0.4) is 0 Å². The van der Waals surface area contributed by atoms with Gasteiger partial charge in [0.15, 0.2) is 0 Å². The summed E-state index contributed by atoms with van der Waals surface area (Å²) in [5.41, 5.74) is 0.844. The molecule has 1 aromatic carbocycles. The van der Waals surface area contributed by atoms with Crippen molar-refractivity contribution in [3.05, 3.63) is 35.6 Å². The molecule has 0 amide bonds. The summed E-state index contributed by atoms with van der Waals surface area (Å²) in [4.78, 5) is 9.97. The van der Waals surface area contributed by atoms with Gasteiger partial charge in [0.05, 0.1) is 0 Å². The van der Waals surface area contributed by atoms with Crippen molar-refractivity contribution in [3.8, 4) is 0 Å². The van der Waals surface area contributed by atoms with Crippen molar-refractivity contribution in [2.24, 2.45) is 0 Å². The molecule has 0 unspecified atom stereocenters. The summed E-state index contributed by atoms with van der Waals surface area (Å²) in [7, 11) is 0. The SMILES string of the molecule is CC.CC.O=CCc1ccc(F)cc1. The normalized spacial score (nSPS) is 7.50. The molecule has 0 saturated heterocycles. The van der Waals surface area contributed by atoms with Crippen LogP contribution < -0.4 is 0 Å². The van der Waals surface area contributed by atoms with Crippen LogP contribution in [0.1, 0.15) is 33.3 Å². The molecular formula is C12H19FO. The van der Waals surface area contributed by atoms with Crippen LogP contribution in [0, 0.1) is 5.82 Å². The second kappa shape index (κ2) is 11.8. The maximum absolute atomic E-state index is 12.2. The quantitative estimate of drug-likeness (QED) is 0.663. The first-order valence-electron chi connectivity index (χ1n) is 5.01. The average molecular weight is 198 g/mol. The molecule has 0 aliphatic heterocycles. The maximum atomic E-state index is 12.2. The Balaban J connectivity index is 0. The predicted octanol–water partition coefficient (Wildman–Crippen LogP) is 3.62. The standard InChI is InChI=1S/C8H7FO.2C2H6/c9-8-3-1-7(2-4-8)5-6-10;2*1-2/h1-4,6H,5H2;2*1-2H3. The van der Waals surface area contributed by atoms with Crippen molar-refractivity contribution >= 4 is 6.29 Å². The lowest BCUT2D eigenvalue weighted by Gasteiger charge is -1.91. The number of hydrogen-bond acceptors (Lipinski definition) is 1. The number of hydrogen-bond donors (Lipinski definition) is 0. The smallest absolute Gasteiger partial charge is 0.124 e. The van der Waals surface area contributed by atoms with Crippen LogP contribution in [0.4, 0.5) is 4.39 Å². The topological polar surface area (TPSA) is 17.1 Å². The Bertz CT molecular complexity index is 216. The van der Waals surface area contributed by atoms with Crippen molar-refractivity contribution in [2.45, 2.75) is 34.1 Å². The van der Waals surface area contributed by atoms with Crippen molar-refractivity contribution in [1.29, 1.82) is 0 Å². The Morgan fingerprint density at radius 3 is 1.86 bits per heavy atom. The van der Waals surface area contributed by atoms with Gasteiger partial charge >= 0.3 is 0 Å². The molecule has 0 atom stereocenters. The fourth-order valence-corrected chi connectivity index (χ4v) is 0.717. The monoisotopic (exact) mass is 198 g/mol. The van der Waals surface area contributed by atoms with Crippen LogP contribution in [0.15, 0.2) is 24.3 Å². The summed E-state index contributed by atoms with van der Waals surface area (Å²) < 4.78 is 12.2. The summed E-state index contributed by atoms with van der Waals surface area (Å²) in [6, 6.07) is 5.89. The van der Waals surface area contributed by atoms with E-state index in [0.29, 0.717) is 6.42 Å². The highest BCUT2D eigenvalue weighted by Crippen LogP contribution is 2.01. The molecule has 0 spiro atoms. The zero-order valence-corrected chi connectivity index (χ0v) is 9.38. The molecule has 80 valence electrons. The van der Waals surface area contributed by atoms with Crippen molar-refractivity contribution in [3.63, 3.8) is 0 Å². The summed E-state index contributed by atoms with van der Waals surface area (Å²) in [6.07, 6.45) is 1.16. The summed E-state index contributed by atoms with van der Waals surface area (Å²) in [5.74, 6) is -0.269. The van der Waals surface area contributed by atoms with E-state index in [1.54, 1.807) is 12.1 Å². The van der Waals surface area contributed by atoms with E-state index in [0.717, 1.165) is 11.8 Å². The molecule has 0 radical (unpaired) electrons. The van der Waals surface area contributed by atoms with Crippen LogP contribution >= 0.6 is 0 Å². The number of halogens is 1. The van der Waals surface area contributed by atoms with E-state index in [1.807, 2.05) is 27.7 Å². The van der Waals surface area contributed by atoms with Gasteiger partial charge in [-0.1, -0.05) is 39.8 Å². The lowest BCUT2D eigenvalue weighted by molar-refractivity contribution is -0.107. The van der Waals surface area contributed by atoms with E-state index >= 15 is 0 Å². The Morgan fingerprint density at radius 1 is 1.07 bits per heavy atom. The number of carbonyl (C=O) groups excluding carboxylic acids is 1. The molecule has 0 aliphatic carbocycles. The molecule has 0 bridgehead atoms. The zero-order valence-electron chi connectivity index (χ0n) is 9.38. The minimum absolute atomic E-state index is 0.269. The first kappa shape index (κ1) is 15.3. The molecule has 1 nitrogen and oxygen atoms in total. The minimum Gasteiger partial charge on any atom is -0.303 e. The third-order valence-corrected chi connectivity index (χ3v) is 1.23. The van der Waals surface area contributed by atoms with Crippen molar-refractivity contribution in [2.75, 3.05) is 0 Å². The van der Waals surface area contributed by atoms with Gasteiger partial charge in [0.25, 0.3) is 0 Å². The molecule has 0 fully saturated rings. The summed E-state index contributed by atoms with van der Waals surface area (Å²) in [5, 5.41) is 0. The first-order chi connectivity index (χ1) is 6.83. The highest BCUT2D eigenvalue weighted by molar-refractivity contribution is 5.54. The van der Waals surface area contributed by atoms with Gasteiger partial charge < -0.3 is 4.79 Å². The zero-order chi connectivity index (χ0) is 11.4. The fourth-order valence-electron chi connectivity index (χ4n) is 0.717. The molecule has 2 heteroatoms. The average Bonchev–Trinajstić information content (AvgIpc) is 2.28. The maximum Gasteiger partial charge on any atom is 0.124 e. The van der Waals surface area contributed by atoms with E-state index in [2.05, 4.69) is 0 Å². The van der Waals surface area contributed by atoms with E-state index in [9.17, 15) is 9.18 Å². The van der Waals surface area contributed by atoms with Gasteiger partial charge in [-0.05, 0) is 17.7 Å². The van der Waals surface area contributed by atoms with Crippen LogP contribution in [-0.4, -0.2) is 6.29 Å². The second-order valence-corrected chi connectivity index (χ2v) is 2.00.